The van der Waals surface area contributed by atoms with E-state index in [4.69, 9.17) is 17.0 Å². The van der Waals surface area contributed by atoms with Gasteiger partial charge in [-0.15, -0.1) is 0 Å². The van der Waals surface area contributed by atoms with Gasteiger partial charge in [0, 0.05) is 11.6 Å². The average Bonchev–Trinajstić information content (AvgIpc) is 2.73. The van der Waals surface area contributed by atoms with E-state index in [1.165, 1.54) is 11.8 Å². The van der Waals surface area contributed by atoms with Gasteiger partial charge in [0.2, 0.25) is 0 Å². The summed E-state index contributed by atoms with van der Waals surface area (Å²) in [5.41, 5.74) is 2.02. The van der Waals surface area contributed by atoms with E-state index in [-0.39, 0.29) is 11.9 Å². The van der Waals surface area contributed by atoms with E-state index >= 15 is 0 Å². The van der Waals surface area contributed by atoms with E-state index in [1.54, 1.807) is 4.90 Å². The molecule has 1 amide bonds. The zero-order chi connectivity index (χ0) is 15.0. The number of fused-ring (bicyclic) bond motifs is 1. The number of nitrogens with zero attached hydrogens (tertiary/aromatic N) is 1. The Labute approximate surface area is 133 Å². The molecule has 21 heavy (non-hydrogen) atoms. The van der Waals surface area contributed by atoms with Crippen LogP contribution in [0.25, 0.3) is 6.08 Å². The number of carbonyl (C=O) groups is 1. The molecule has 0 spiro atoms. The number of hydrogen-bond acceptors (Lipinski definition) is 4. The van der Waals surface area contributed by atoms with Gasteiger partial charge in [-0.25, -0.2) is 0 Å². The van der Waals surface area contributed by atoms with Gasteiger partial charge in [-0.2, -0.15) is 0 Å². The zero-order valence-electron chi connectivity index (χ0n) is 11.8. The molecule has 0 N–H and O–H groups in total. The quantitative estimate of drug-likeness (QED) is 0.615. The lowest BCUT2D eigenvalue weighted by atomic mass is 10.1. The Balaban J connectivity index is 1.89. The maximum Gasteiger partial charge on any atom is 0.266 e. The van der Waals surface area contributed by atoms with Gasteiger partial charge in [0.05, 0.1) is 4.91 Å². The van der Waals surface area contributed by atoms with Crippen molar-refractivity contribution in [1.29, 1.82) is 0 Å². The van der Waals surface area contributed by atoms with Gasteiger partial charge in [0.25, 0.3) is 5.91 Å². The summed E-state index contributed by atoms with van der Waals surface area (Å²) in [7, 11) is 0. The first-order valence-electron chi connectivity index (χ1n) is 6.76. The molecule has 3 rings (SSSR count). The van der Waals surface area contributed by atoms with Gasteiger partial charge in [-0.05, 0) is 37.6 Å². The molecule has 2 heterocycles. The number of ether oxygens (including phenoxy) is 1. The Bertz CT molecular complexity index is 677. The van der Waals surface area contributed by atoms with Crippen LogP contribution in [0, 0.1) is 0 Å². The number of rotatable bonds is 2. The van der Waals surface area contributed by atoms with E-state index in [0.29, 0.717) is 15.8 Å². The third-order valence-electron chi connectivity index (χ3n) is 3.31. The highest BCUT2D eigenvalue weighted by atomic mass is 32.2. The molecule has 3 nitrogen and oxygen atoms in total. The normalized spacial score (nSPS) is 19.9. The molecule has 0 radical (unpaired) electrons. The fourth-order valence-corrected chi connectivity index (χ4v) is 3.85. The number of hydrogen-bond donors (Lipinski definition) is 0. The van der Waals surface area contributed by atoms with Gasteiger partial charge in [0.1, 0.15) is 16.7 Å². The zero-order valence-corrected chi connectivity index (χ0v) is 13.5. The number of benzene rings is 1. The Morgan fingerprint density at radius 1 is 1.38 bits per heavy atom. The van der Waals surface area contributed by atoms with Crippen LogP contribution in [0.3, 0.4) is 0 Å². The van der Waals surface area contributed by atoms with Crippen LogP contribution >= 0.6 is 24.0 Å². The Morgan fingerprint density at radius 2 is 2.14 bits per heavy atom. The minimum absolute atomic E-state index is 0.0141. The van der Waals surface area contributed by atoms with Crippen LogP contribution in [0.1, 0.15) is 19.4 Å². The molecule has 5 heteroatoms. The van der Waals surface area contributed by atoms with Crippen molar-refractivity contribution in [3.63, 3.8) is 0 Å². The second-order valence-corrected chi connectivity index (χ2v) is 6.87. The first-order chi connectivity index (χ1) is 10.1. The van der Waals surface area contributed by atoms with E-state index in [1.807, 2.05) is 44.2 Å². The maximum absolute atomic E-state index is 12.4. The molecule has 108 valence electrons. The molecule has 2 aliphatic heterocycles. The summed E-state index contributed by atoms with van der Waals surface area (Å²) in [4.78, 5) is 14.7. The highest BCUT2D eigenvalue weighted by Gasteiger charge is 2.33. The number of para-hydroxylation sites is 1. The predicted octanol–water partition coefficient (Wildman–Crippen LogP) is 3.62. The molecule has 0 unspecified atom stereocenters. The SMILES string of the molecule is CC(C)N1C(=O)/C(=C\C2=Cc3ccccc3OC2)SC1=S. The van der Waals surface area contributed by atoms with Crippen molar-refractivity contribution < 1.29 is 9.53 Å². The lowest BCUT2D eigenvalue weighted by Crippen LogP contribution is -2.34. The van der Waals surface area contributed by atoms with Crippen molar-refractivity contribution >= 4 is 40.3 Å². The van der Waals surface area contributed by atoms with Crippen molar-refractivity contribution in [2.75, 3.05) is 6.61 Å². The van der Waals surface area contributed by atoms with Crippen molar-refractivity contribution in [3.8, 4) is 5.75 Å². The molecule has 1 fully saturated rings. The molecule has 0 bridgehead atoms. The summed E-state index contributed by atoms with van der Waals surface area (Å²) < 4.78 is 6.33. The summed E-state index contributed by atoms with van der Waals surface area (Å²) >= 11 is 6.64. The highest BCUT2D eigenvalue weighted by Crippen LogP contribution is 2.34. The molecule has 1 aromatic carbocycles. The van der Waals surface area contributed by atoms with Gasteiger partial charge >= 0.3 is 0 Å². The molecular weight excluding hydrogens is 302 g/mol. The van der Waals surface area contributed by atoms with E-state index < -0.39 is 0 Å². The Hall–Kier alpha value is -1.59. The van der Waals surface area contributed by atoms with Crippen LogP contribution in [0.15, 0.2) is 40.8 Å². The molecule has 0 atom stereocenters. The maximum atomic E-state index is 12.4. The second kappa shape index (κ2) is 5.66. The van der Waals surface area contributed by atoms with E-state index in [0.717, 1.165) is 16.9 Å². The molecule has 1 aromatic rings. The summed E-state index contributed by atoms with van der Waals surface area (Å²) in [6, 6.07) is 7.95. The fraction of sp³-hybridized carbons (Fsp3) is 0.250. The smallest absolute Gasteiger partial charge is 0.266 e. The second-order valence-electron chi connectivity index (χ2n) is 5.19. The molecule has 0 aromatic heterocycles. The summed E-state index contributed by atoms with van der Waals surface area (Å²) in [6.07, 6.45) is 3.94. The summed E-state index contributed by atoms with van der Waals surface area (Å²) in [6.45, 7) is 4.41. The summed E-state index contributed by atoms with van der Waals surface area (Å²) in [5, 5.41) is 0. The first kappa shape index (κ1) is 14.4. The molecule has 1 saturated heterocycles. The van der Waals surface area contributed by atoms with Crippen LogP contribution in [0.5, 0.6) is 5.75 Å². The number of thiocarbonyl (C=S) groups is 1. The van der Waals surface area contributed by atoms with Gasteiger partial charge in [-0.3, -0.25) is 9.69 Å². The van der Waals surface area contributed by atoms with Crippen molar-refractivity contribution in [1.82, 2.24) is 4.90 Å². The third-order valence-corrected chi connectivity index (χ3v) is 4.64. The van der Waals surface area contributed by atoms with Crippen LogP contribution in [0.2, 0.25) is 0 Å². The third kappa shape index (κ3) is 2.76. The fourth-order valence-electron chi connectivity index (χ4n) is 2.31. The van der Waals surface area contributed by atoms with Crippen LogP contribution < -0.4 is 4.74 Å². The average molecular weight is 317 g/mol. The molecule has 0 saturated carbocycles. The largest absolute Gasteiger partial charge is 0.488 e. The topological polar surface area (TPSA) is 29.5 Å². The van der Waals surface area contributed by atoms with Crippen molar-refractivity contribution in [2.24, 2.45) is 0 Å². The predicted molar refractivity (Wildman–Crippen MR) is 90.2 cm³/mol. The van der Waals surface area contributed by atoms with E-state index in [9.17, 15) is 4.79 Å². The molecule has 2 aliphatic rings. The Morgan fingerprint density at radius 3 is 2.86 bits per heavy atom. The lowest BCUT2D eigenvalue weighted by molar-refractivity contribution is -0.123. The van der Waals surface area contributed by atoms with Crippen molar-refractivity contribution in [2.45, 2.75) is 19.9 Å². The molecule has 0 aliphatic carbocycles. The summed E-state index contributed by atoms with van der Waals surface area (Å²) in [5.74, 6) is 0.865. The van der Waals surface area contributed by atoms with Crippen LogP contribution in [-0.2, 0) is 4.79 Å². The van der Waals surface area contributed by atoms with Gasteiger partial charge in [-0.1, -0.05) is 42.2 Å². The highest BCUT2D eigenvalue weighted by molar-refractivity contribution is 8.26. The number of amides is 1. The van der Waals surface area contributed by atoms with Crippen LogP contribution in [0.4, 0.5) is 0 Å². The minimum atomic E-state index is -0.0141. The van der Waals surface area contributed by atoms with Crippen LogP contribution in [-0.4, -0.2) is 27.8 Å². The van der Waals surface area contributed by atoms with Crippen molar-refractivity contribution in [3.05, 3.63) is 46.4 Å². The lowest BCUT2D eigenvalue weighted by Gasteiger charge is -2.18. The minimum Gasteiger partial charge on any atom is -0.488 e. The van der Waals surface area contributed by atoms with Gasteiger partial charge < -0.3 is 4.74 Å². The van der Waals surface area contributed by atoms with E-state index in [2.05, 4.69) is 6.08 Å². The number of carbonyl (C=O) groups excluding carboxylic acids is 1. The molecular formula is C16H15NO2S2. The Kier molecular flexibility index (Phi) is 3.87. The standard InChI is InChI=1S/C16H15NO2S2/c1-10(2)17-15(18)14(21-16(17)20)8-11-7-12-5-3-4-6-13(12)19-9-11/h3-8,10H,9H2,1-2H3/b14-8+. The monoisotopic (exact) mass is 317 g/mol. The first-order valence-corrected chi connectivity index (χ1v) is 7.98. The number of thioether (sulfide) groups is 1. The van der Waals surface area contributed by atoms with Gasteiger partial charge in [0.15, 0.2) is 0 Å².